The van der Waals surface area contributed by atoms with Crippen LogP contribution in [-0.2, 0) is 10.0 Å². The predicted octanol–water partition coefficient (Wildman–Crippen LogP) is 0.267. The van der Waals surface area contributed by atoms with E-state index in [0.717, 1.165) is 0 Å². The molecule has 0 saturated carbocycles. The van der Waals surface area contributed by atoms with Gasteiger partial charge < -0.3 is 15.7 Å². The molecule has 6 nitrogen and oxygen atoms in total. The molecule has 1 aliphatic rings. The molecule has 5 N–H and O–H groups in total. The SMILES string of the molecule is CC1(O)CCN(c2cccc(S(N)(=O)=O)c2N)CC1. The maximum atomic E-state index is 11.4. The number of rotatable bonds is 2. The number of para-hydroxylation sites is 1. The molecule has 1 aliphatic heterocycles. The van der Waals surface area contributed by atoms with E-state index in [1.165, 1.54) is 6.07 Å². The van der Waals surface area contributed by atoms with E-state index in [-0.39, 0.29) is 10.6 Å². The van der Waals surface area contributed by atoms with Gasteiger partial charge in [-0.15, -0.1) is 0 Å². The fourth-order valence-corrected chi connectivity index (χ4v) is 2.96. The molecule has 106 valence electrons. The molecule has 0 bridgehead atoms. The Hall–Kier alpha value is -1.31. The predicted molar refractivity (Wildman–Crippen MR) is 74.3 cm³/mol. The molecular formula is C12H19N3O3S. The van der Waals surface area contributed by atoms with Gasteiger partial charge in [-0.1, -0.05) is 6.07 Å². The van der Waals surface area contributed by atoms with E-state index in [1.54, 1.807) is 19.1 Å². The molecule has 0 radical (unpaired) electrons. The summed E-state index contributed by atoms with van der Waals surface area (Å²) in [6.07, 6.45) is 1.23. The van der Waals surface area contributed by atoms with E-state index < -0.39 is 15.6 Å². The highest BCUT2D eigenvalue weighted by Crippen LogP contribution is 2.32. The second-order valence-corrected chi connectivity index (χ2v) is 6.75. The van der Waals surface area contributed by atoms with Gasteiger partial charge in [-0.25, -0.2) is 13.6 Å². The Bertz CT molecular complexity index is 574. The first-order valence-corrected chi connectivity index (χ1v) is 7.64. The summed E-state index contributed by atoms with van der Waals surface area (Å²) < 4.78 is 22.9. The van der Waals surface area contributed by atoms with Crippen LogP contribution in [0.3, 0.4) is 0 Å². The van der Waals surface area contributed by atoms with E-state index in [9.17, 15) is 13.5 Å². The fourth-order valence-electron chi connectivity index (χ4n) is 2.29. The lowest BCUT2D eigenvalue weighted by Crippen LogP contribution is -2.42. The van der Waals surface area contributed by atoms with Crippen molar-refractivity contribution >= 4 is 21.4 Å². The Morgan fingerprint density at radius 2 is 1.89 bits per heavy atom. The van der Waals surface area contributed by atoms with Crippen LogP contribution in [0.2, 0.25) is 0 Å². The van der Waals surface area contributed by atoms with Crippen LogP contribution >= 0.6 is 0 Å². The molecule has 0 spiro atoms. The van der Waals surface area contributed by atoms with Crippen LogP contribution < -0.4 is 15.8 Å². The van der Waals surface area contributed by atoms with Gasteiger partial charge in [0.15, 0.2) is 0 Å². The average molecular weight is 285 g/mol. The minimum Gasteiger partial charge on any atom is -0.396 e. The van der Waals surface area contributed by atoms with Crippen molar-refractivity contribution in [1.29, 1.82) is 0 Å². The molecular weight excluding hydrogens is 266 g/mol. The summed E-state index contributed by atoms with van der Waals surface area (Å²) in [6.45, 7) is 3.06. The summed E-state index contributed by atoms with van der Waals surface area (Å²) in [6, 6.07) is 4.79. The first-order chi connectivity index (χ1) is 8.71. The number of benzene rings is 1. The number of nitrogens with two attached hydrogens (primary N) is 2. The van der Waals surface area contributed by atoms with Crippen molar-refractivity contribution < 1.29 is 13.5 Å². The Balaban J connectivity index is 2.32. The molecule has 0 atom stereocenters. The van der Waals surface area contributed by atoms with Gasteiger partial charge in [0, 0.05) is 13.1 Å². The summed E-state index contributed by atoms with van der Waals surface area (Å²) in [7, 11) is -3.82. The van der Waals surface area contributed by atoms with Crippen LogP contribution in [0.4, 0.5) is 11.4 Å². The summed E-state index contributed by atoms with van der Waals surface area (Å²) in [5, 5.41) is 15.1. The zero-order valence-corrected chi connectivity index (χ0v) is 11.7. The second-order valence-electron chi connectivity index (χ2n) is 5.22. The van der Waals surface area contributed by atoms with Crippen LogP contribution in [0.15, 0.2) is 23.1 Å². The van der Waals surface area contributed by atoms with Crippen molar-refractivity contribution in [2.45, 2.75) is 30.3 Å². The summed E-state index contributed by atoms with van der Waals surface area (Å²) in [4.78, 5) is 1.92. The van der Waals surface area contributed by atoms with Gasteiger partial charge in [-0.2, -0.15) is 0 Å². The number of primary sulfonamides is 1. The van der Waals surface area contributed by atoms with Gasteiger partial charge >= 0.3 is 0 Å². The van der Waals surface area contributed by atoms with Crippen LogP contribution in [0.5, 0.6) is 0 Å². The molecule has 1 fully saturated rings. The van der Waals surface area contributed by atoms with E-state index in [2.05, 4.69) is 0 Å². The van der Waals surface area contributed by atoms with E-state index in [0.29, 0.717) is 31.6 Å². The number of piperidine rings is 1. The van der Waals surface area contributed by atoms with Crippen molar-refractivity contribution in [2.75, 3.05) is 23.7 Å². The Morgan fingerprint density at radius 3 is 2.42 bits per heavy atom. The van der Waals surface area contributed by atoms with Crippen molar-refractivity contribution in [3.63, 3.8) is 0 Å². The summed E-state index contributed by atoms with van der Waals surface area (Å²) >= 11 is 0. The second kappa shape index (κ2) is 4.66. The number of aliphatic hydroxyl groups is 1. The number of anilines is 2. The lowest BCUT2D eigenvalue weighted by atomic mass is 9.93. The maximum absolute atomic E-state index is 11.4. The summed E-state index contributed by atoms with van der Waals surface area (Å²) in [5.74, 6) is 0. The third-order valence-electron chi connectivity index (χ3n) is 3.53. The zero-order chi connectivity index (χ0) is 14.3. The van der Waals surface area contributed by atoms with Gasteiger partial charge in [0.05, 0.1) is 17.0 Å². The molecule has 1 saturated heterocycles. The van der Waals surface area contributed by atoms with Gasteiger partial charge in [0.25, 0.3) is 0 Å². The van der Waals surface area contributed by atoms with Crippen molar-refractivity contribution in [2.24, 2.45) is 5.14 Å². The quantitative estimate of drug-likeness (QED) is 0.676. The molecule has 1 aromatic rings. The Labute approximate surface area is 113 Å². The minimum atomic E-state index is -3.82. The van der Waals surface area contributed by atoms with Crippen molar-refractivity contribution in [3.05, 3.63) is 18.2 Å². The zero-order valence-electron chi connectivity index (χ0n) is 10.8. The van der Waals surface area contributed by atoms with Gasteiger partial charge in [-0.3, -0.25) is 0 Å². The molecule has 0 unspecified atom stereocenters. The highest BCUT2D eigenvalue weighted by atomic mass is 32.2. The highest BCUT2D eigenvalue weighted by Gasteiger charge is 2.28. The Morgan fingerprint density at radius 1 is 1.32 bits per heavy atom. The first-order valence-electron chi connectivity index (χ1n) is 6.09. The van der Waals surface area contributed by atoms with Crippen LogP contribution in [0.25, 0.3) is 0 Å². The lowest BCUT2D eigenvalue weighted by molar-refractivity contribution is 0.0351. The third-order valence-corrected chi connectivity index (χ3v) is 4.50. The molecule has 19 heavy (non-hydrogen) atoms. The monoisotopic (exact) mass is 285 g/mol. The van der Waals surface area contributed by atoms with Crippen molar-refractivity contribution in [1.82, 2.24) is 0 Å². The maximum Gasteiger partial charge on any atom is 0.240 e. The average Bonchev–Trinajstić information content (AvgIpc) is 2.28. The topological polar surface area (TPSA) is 110 Å². The van der Waals surface area contributed by atoms with E-state index in [1.807, 2.05) is 4.90 Å². The van der Waals surface area contributed by atoms with E-state index in [4.69, 9.17) is 10.9 Å². The van der Waals surface area contributed by atoms with Crippen LogP contribution in [-0.4, -0.2) is 32.2 Å². The first kappa shape index (κ1) is 14.1. The number of nitrogen functional groups attached to an aromatic ring is 1. The molecule has 1 heterocycles. The van der Waals surface area contributed by atoms with Gasteiger partial charge in [0.1, 0.15) is 4.90 Å². The normalized spacial score (nSPS) is 19.4. The lowest BCUT2D eigenvalue weighted by Gasteiger charge is -2.37. The molecule has 2 rings (SSSR count). The molecule has 0 amide bonds. The van der Waals surface area contributed by atoms with Crippen molar-refractivity contribution in [3.8, 4) is 0 Å². The minimum absolute atomic E-state index is 0.0534. The molecule has 0 aliphatic carbocycles. The smallest absolute Gasteiger partial charge is 0.240 e. The standard InChI is InChI=1S/C12H19N3O3S/c1-12(16)5-7-15(8-6-12)9-3-2-4-10(11(9)13)19(14,17)18/h2-4,16H,5-8,13H2,1H3,(H2,14,17,18). The van der Waals surface area contributed by atoms with Gasteiger partial charge in [0.2, 0.25) is 10.0 Å². The fraction of sp³-hybridized carbons (Fsp3) is 0.500. The van der Waals surface area contributed by atoms with E-state index >= 15 is 0 Å². The largest absolute Gasteiger partial charge is 0.396 e. The molecule has 0 aromatic heterocycles. The van der Waals surface area contributed by atoms with Gasteiger partial charge in [-0.05, 0) is 31.9 Å². The van der Waals surface area contributed by atoms with Crippen LogP contribution in [0, 0.1) is 0 Å². The number of hydrogen-bond donors (Lipinski definition) is 3. The molecule has 7 heteroatoms. The molecule has 1 aromatic carbocycles. The number of sulfonamides is 1. The van der Waals surface area contributed by atoms with Crippen LogP contribution in [0.1, 0.15) is 19.8 Å². The number of hydrogen-bond acceptors (Lipinski definition) is 5. The Kier molecular flexibility index (Phi) is 3.46. The summed E-state index contributed by atoms with van der Waals surface area (Å²) in [5.41, 5.74) is 6.07. The number of nitrogens with zero attached hydrogens (tertiary/aromatic N) is 1. The highest BCUT2D eigenvalue weighted by molar-refractivity contribution is 7.89. The third kappa shape index (κ3) is 2.99.